The summed E-state index contributed by atoms with van der Waals surface area (Å²) in [6.45, 7) is 0. The highest BCUT2D eigenvalue weighted by Crippen LogP contribution is 2.50. The highest BCUT2D eigenvalue weighted by Gasteiger charge is 2.38. The predicted molar refractivity (Wildman–Crippen MR) is 90.5 cm³/mol. The highest BCUT2D eigenvalue weighted by molar-refractivity contribution is 5.89. The van der Waals surface area contributed by atoms with Gasteiger partial charge in [0.15, 0.2) is 0 Å². The molecule has 4 heteroatoms. The van der Waals surface area contributed by atoms with Crippen molar-refractivity contribution in [3.63, 3.8) is 0 Å². The van der Waals surface area contributed by atoms with E-state index in [0.717, 1.165) is 17.5 Å². The molecular formula is C20H18FNO2. The fourth-order valence-electron chi connectivity index (χ4n) is 3.86. The Morgan fingerprint density at radius 2 is 2.00 bits per heavy atom. The fourth-order valence-corrected chi connectivity index (χ4v) is 3.86. The number of allylic oxidation sites excluding steroid dienone is 2. The summed E-state index contributed by atoms with van der Waals surface area (Å²) in [5, 5.41) is 3.38. The van der Waals surface area contributed by atoms with Crippen molar-refractivity contribution in [2.45, 2.75) is 18.4 Å². The SMILES string of the molecule is COC(=O)c1ccc([C@@H]2Nc3c(F)cccc3[C@H]3C=CC[C@H]32)cc1. The summed E-state index contributed by atoms with van der Waals surface area (Å²) in [7, 11) is 1.37. The second-order valence-electron chi connectivity index (χ2n) is 6.29. The molecule has 3 nitrogen and oxygen atoms in total. The van der Waals surface area contributed by atoms with E-state index in [9.17, 15) is 9.18 Å². The van der Waals surface area contributed by atoms with Gasteiger partial charge in [-0.25, -0.2) is 9.18 Å². The van der Waals surface area contributed by atoms with Crippen LogP contribution in [0.2, 0.25) is 0 Å². The van der Waals surface area contributed by atoms with Crippen molar-refractivity contribution in [2.75, 3.05) is 12.4 Å². The maximum Gasteiger partial charge on any atom is 0.337 e. The maximum atomic E-state index is 14.3. The van der Waals surface area contributed by atoms with Crippen molar-refractivity contribution in [2.24, 2.45) is 5.92 Å². The number of rotatable bonds is 2. The third-order valence-electron chi connectivity index (χ3n) is 5.04. The molecule has 0 fully saturated rings. The van der Waals surface area contributed by atoms with Crippen molar-refractivity contribution in [1.82, 2.24) is 0 Å². The Morgan fingerprint density at radius 3 is 2.75 bits per heavy atom. The minimum atomic E-state index is -0.352. The van der Waals surface area contributed by atoms with Crippen LogP contribution in [0.3, 0.4) is 0 Å². The summed E-state index contributed by atoms with van der Waals surface area (Å²) in [6, 6.07) is 12.6. The van der Waals surface area contributed by atoms with E-state index in [0.29, 0.717) is 17.2 Å². The van der Waals surface area contributed by atoms with Gasteiger partial charge in [-0.1, -0.05) is 36.4 Å². The van der Waals surface area contributed by atoms with Crippen LogP contribution in [0.15, 0.2) is 54.6 Å². The van der Waals surface area contributed by atoms with Crippen LogP contribution >= 0.6 is 0 Å². The van der Waals surface area contributed by atoms with Gasteiger partial charge in [-0.2, -0.15) is 0 Å². The first kappa shape index (κ1) is 14.9. The Kier molecular flexibility index (Phi) is 3.60. The third-order valence-corrected chi connectivity index (χ3v) is 5.04. The number of esters is 1. The van der Waals surface area contributed by atoms with E-state index in [2.05, 4.69) is 17.5 Å². The molecule has 1 N–H and O–H groups in total. The first-order valence-electron chi connectivity index (χ1n) is 8.09. The zero-order valence-electron chi connectivity index (χ0n) is 13.3. The Hall–Kier alpha value is -2.62. The van der Waals surface area contributed by atoms with Gasteiger partial charge in [-0.3, -0.25) is 0 Å². The van der Waals surface area contributed by atoms with E-state index in [1.54, 1.807) is 18.2 Å². The second kappa shape index (κ2) is 5.78. The highest BCUT2D eigenvalue weighted by atomic mass is 19.1. The maximum absolute atomic E-state index is 14.3. The summed E-state index contributed by atoms with van der Waals surface area (Å²) in [4.78, 5) is 11.6. The number of para-hydroxylation sites is 1. The molecule has 0 amide bonds. The van der Waals surface area contributed by atoms with Gasteiger partial charge >= 0.3 is 5.97 Å². The molecule has 1 heterocycles. The number of fused-ring (bicyclic) bond motifs is 3. The van der Waals surface area contributed by atoms with Crippen LogP contribution in [0.25, 0.3) is 0 Å². The second-order valence-corrected chi connectivity index (χ2v) is 6.29. The average Bonchev–Trinajstić information content (AvgIpc) is 3.11. The lowest BCUT2D eigenvalue weighted by Gasteiger charge is -2.37. The summed E-state index contributed by atoms with van der Waals surface area (Å²) in [5.74, 6) is 0.00268. The van der Waals surface area contributed by atoms with E-state index in [4.69, 9.17) is 4.74 Å². The smallest absolute Gasteiger partial charge is 0.337 e. The van der Waals surface area contributed by atoms with Gasteiger partial charge < -0.3 is 10.1 Å². The molecule has 1 aliphatic carbocycles. The van der Waals surface area contributed by atoms with Crippen LogP contribution in [-0.4, -0.2) is 13.1 Å². The van der Waals surface area contributed by atoms with Gasteiger partial charge in [0.1, 0.15) is 5.82 Å². The van der Waals surface area contributed by atoms with E-state index in [1.807, 2.05) is 18.2 Å². The topological polar surface area (TPSA) is 38.3 Å². The average molecular weight is 323 g/mol. The molecule has 0 unspecified atom stereocenters. The van der Waals surface area contributed by atoms with Crippen molar-refractivity contribution in [3.05, 3.63) is 77.1 Å². The largest absolute Gasteiger partial charge is 0.465 e. The monoisotopic (exact) mass is 323 g/mol. The number of hydrogen-bond donors (Lipinski definition) is 1. The molecule has 2 aromatic carbocycles. The summed E-state index contributed by atoms with van der Waals surface area (Å²) in [5.41, 5.74) is 3.18. The van der Waals surface area contributed by atoms with Gasteiger partial charge in [0.25, 0.3) is 0 Å². The quantitative estimate of drug-likeness (QED) is 0.656. The summed E-state index contributed by atoms with van der Waals surface area (Å²) < 4.78 is 19.0. The van der Waals surface area contributed by atoms with E-state index >= 15 is 0 Å². The number of anilines is 1. The Morgan fingerprint density at radius 1 is 1.21 bits per heavy atom. The molecular weight excluding hydrogens is 305 g/mol. The molecule has 0 radical (unpaired) electrons. The van der Waals surface area contributed by atoms with Gasteiger partial charge in [0.05, 0.1) is 24.4 Å². The Labute approximate surface area is 140 Å². The molecule has 24 heavy (non-hydrogen) atoms. The lowest BCUT2D eigenvalue weighted by molar-refractivity contribution is 0.0600. The standard InChI is InChI=1S/C20H18FNO2/c1-24-20(23)13-10-8-12(9-11-13)18-15-5-2-4-14(15)16-6-3-7-17(21)19(16)22-18/h2-4,6-11,14-15,18,22H,5H2,1H3/t14-,15+,18-/m0/s1. The van der Waals surface area contributed by atoms with Crippen molar-refractivity contribution < 1.29 is 13.9 Å². The Balaban J connectivity index is 1.71. The van der Waals surface area contributed by atoms with E-state index in [1.165, 1.54) is 13.2 Å². The van der Waals surface area contributed by atoms with Crippen LogP contribution in [0.4, 0.5) is 10.1 Å². The summed E-state index contributed by atoms with van der Waals surface area (Å²) in [6.07, 6.45) is 5.31. The molecule has 122 valence electrons. The number of methoxy groups -OCH3 is 1. The molecule has 2 aliphatic rings. The minimum Gasteiger partial charge on any atom is -0.465 e. The Bertz CT molecular complexity index is 813. The first-order chi connectivity index (χ1) is 11.7. The van der Waals surface area contributed by atoms with E-state index < -0.39 is 0 Å². The number of halogens is 1. The van der Waals surface area contributed by atoms with Crippen LogP contribution in [0.5, 0.6) is 0 Å². The number of hydrogen-bond acceptors (Lipinski definition) is 3. The van der Waals surface area contributed by atoms with Crippen molar-refractivity contribution >= 4 is 11.7 Å². The third kappa shape index (κ3) is 2.30. The number of carbonyl (C=O) groups excluding carboxylic acids is 1. The predicted octanol–water partition coefficient (Wildman–Crippen LogP) is 4.44. The number of carbonyl (C=O) groups is 1. The van der Waals surface area contributed by atoms with Crippen LogP contribution < -0.4 is 5.32 Å². The lowest BCUT2D eigenvalue weighted by atomic mass is 9.77. The molecule has 2 aromatic rings. The molecule has 3 atom stereocenters. The van der Waals surface area contributed by atoms with Crippen LogP contribution in [0, 0.1) is 11.7 Å². The van der Waals surface area contributed by atoms with Gasteiger partial charge in [0, 0.05) is 5.92 Å². The molecule has 0 spiro atoms. The molecule has 1 aliphatic heterocycles. The molecule has 0 saturated carbocycles. The van der Waals surface area contributed by atoms with Crippen molar-refractivity contribution in [1.29, 1.82) is 0 Å². The lowest BCUT2D eigenvalue weighted by Crippen LogP contribution is -2.29. The zero-order valence-corrected chi connectivity index (χ0v) is 13.3. The molecule has 0 bridgehead atoms. The summed E-state index contributed by atoms with van der Waals surface area (Å²) >= 11 is 0. The van der Waals surface area contributed by atoms with Gasteiger partial charge in [-0.15, -0.1) is 0 Å². The van der Waals surface area contributed by atoms with Gasteiger partial charge in [-0.05, 0) is 41.7 Å². The van der Waals surface area contributed by atoms with E-state index in [-0.39, 0.29) is 23.7 Å². The zero-order chi connectivity index (χ0) is 16.7. The number of ether oxygens (including phenoxy) is 1. The molecule has 4 rings (SSSR count). The van der Waals surface area contributed by atoms with Crippen LogP contribution in [-0.2, 0) is 4.74 Å². The fraction of sp³-hybridized carbons (Fsp3) is 0.250. The molecule has 0 saturated heterocycles. The number of nitrogens with one attached hydrogen (secondary N) is 1. The minimum absolute atomic E-state index is 0.0149. The normalized spacial score (nSPS) is 24.0. The van der Waals surface area contributed by atoms with Crippen molar-refractivity contribution in [3.8, 4) is 0 Å². The first-order valence-corrected chi connectivity index (χ1v) is 8.09. The number of benzene rings is 2. The van der Waals surface area contributed by atoms with Crippen LogP contribution in [0.1, 0.15) is 39.9 Å². The van der Waals surface area contributed by atoms with Gasteiger partial charge in [0.2, 0.25) is 0 Å². The molecule has 0 aromatic heterocycles.